The highest BCUT2D eigenvalue weighted by Gasteiger charge is 2.13. The van der Waals surface area contributed by atoms with E-state index in [9.17, 15) is 0 Å². The maximum Gasteiger partial charge on any atom is 0.188 e. The number of benzene rings is 1. The molecule has 0 saturated carbocycles. The molecule has 4 heteroatoms. The zero-order valence-electron chi connectivity index (χ0n) is 10.2. The number of nitrogens with two attached hydrogens (primary N) is 1. The molecule has 1 aliphatic carbocycles. The molecule has 3 nitrogen and oxygen atoms in total. The molecule has 0 unspecified atom stereocenters. The molecule has 0 bridgehead atoms. The Morgan fingerprint density at radius 1 is 1.35 bits per heavy atom. The lowest BCUT2D eigenvalue weighted by molar-refractivity contribution is 0.486. The fourth-order valence-electron chi connectivity index (χ4n) is 2.35. The monoisotopic (exact) mass is 253 g/mol. The van der Waals surface area contributed by atoms with Crippen molar-refractivity contribution in [2.45, 2.75) is 32.2 Å². The largest absolute Gasteiger partial charge is 0.370 e. The first kappa shape index (κ1) is 13.8. The maximum absolute atomic E-state index is 7.39. The molecule has 0 aromatic heterocycles. The van der Waals surface area contributed by atoms with Crippen molar-refractivity contribution in [1.29, 1.82) is 5.41 Å². The van der Waals surface area contributed by atoms with Crippen LogP contribution in [0.15, 0.2) is 18.2 Å². The van der Waals surface area contributed by atoms with Crippen LogP contribution in [0, 0.1) is 5.41 Å². The van der Waals surface area contributed by atoms with Gasteiger partial charge in [0.15, 0.2) is 5.96 Å². The van der Waals surface area contributed by atoms with E-state index in [2.05, 4.69) is 18.2 Å². The van der Waals surface area contributed by atoms with Crippen LogP contribution in [0.1, 0.15) is 29.5 Å². The number of nitrogens with one attached hydrogen (secondary N) is 1. The van der Waals surface area contributed by atoms with Crippen LogP contribution >= 0.6 is 12.4 Å². The molecule has 17 heavy (non-hydrogen) atoms. The van der Waals surface area contributed by atoms with E-state index >= 15 is 0 Å². The number of hydrogen-bond donors (Lipinski definition) is 2. The Morgan fingerprint density at radius 2 is 2.06 bits per heavy atom. The van der Waals surface area contributed by atoms with E-state index in [0.29, 0.717) is 0 Å². The van der Waals surface area contributed by atoms with Gasteiger partial charge in [-0.25, -0.2) is 0 Å². The molecule has 94 valence electrons. The van der Waals surface area contributed by atoms with Gasteiger partial charge in [0, 0.05) is 13.6 Å². The molecule has 1 aromatic rings. The molecule has 0 aliphatic heterocycles. The van der Waals surface area contributed by atoms with E-state index in [1.807, 2.05) is 7.05 Å². The van der Waals surface area contributed by atoms with Crippen LogP contribution < -0.4 is 5.73 Å². The summed E-state index contributed by atoms with van der Waals surface area (Å²) in [6.45, 7) is 0.749. The Balaban J connectivity index is 0.00000144. The minimum atomic E-state index is 0. The fraction of sp³-hybridized carbons (Fsp3) is 0.462. The molecule has 0 amide bonds. The summed E-state index contributed by atoms with van der Waals surface area (Å²) in [6.07, 6.45) is 4.97. The van der Waals surface area contributed by atoms with Crippen molar-refractivity contribution in [3.8, 4) is 0 Å². The van der Waals surface area contributed by atoms with Crippen molar-refractivity contribution in [1.82, 2.24) is 4.90 Å². The number of fused-ring (bicyclic) bond motifs is 1. The van der Waals surface area contributed by atoms with E-state index in [4.69, 9.17) is 11.1 Å². The lowest BCUT2D eigenvalue weighted by Gasteiger charge is -2.23. The molecule has 2 rings (SSSR count). The van der Waals surface area contributed by atoms with Crippen molar-refractivity contribution in [2.24, 2.45) is 5.73 Å². The second-order valence-corrected chi connectivity index (χ2v) is 4.50. The summed E-state index contributed by atoms with van der Waals surface area (Å²) in [6, 6.07) is 6.50. The van der Waals surface area contributed by atoms with Crippen LogP contribution in [0.5, 0.6) is 0 Å². The maximum atomic E-state index is 7.39. The van der Waals surface area contributed by atoms with Crippen molar-refractivity contribution < 1.29 is 0 Å². The molecule has 0 atom stereocenters. The smallest absolute Gasteiger partial charge is 0.188 e. The van der Waals surface area contributed by atoms with Crippen molar-refractivity contribution in [3.05, 3.63) is 34.9 Å². The van der Waals surface area contributed by atoms with Gasteiger partial charge in [-0.3, -0.25) is 5.41 Å². The van der Waals surface area contributed by atoms with Crippen LogP contribution in [-0.2, 0) is 19.4 Å². The number of halogens is 1. The third-order valence-corrected chi connectivity index (χ3v) is 3.31. The summed E-state index contributed by atoms with van der Waals surface area (Å²) in [4.78, 5) is 1.78. The van der Waals surface area contributed by atoms with Gasteiger partial charge in [-0.15, -0.1) is 12.4 Å². The standard InChI is InChI=1S/C13H19N3.ClH/c1-16(13(14)15)9-11-7-4-6-10-5-2-3-8-12(10)11;/h4,6-7H,2-3,5,8-9H2,1H3,(H3,14,15);1H. The molecule has 0 saturated heterocycles. The van der Waals surface area contributed by atoms with Crippen molar-refractivity contribution in [2.75, 3.05) is 7.05 Å². The average Bonchev–Trinajstić information content (AvgIpc) is 2.29. The minimum absolute atomic E-state index is 0. The van der Waals surface area contributed by atoms with Gasteiger partial charge in [-0.2, -0.15) is 0 Å². The zero-order valence-corrected chi connectivity index (χ0v) is 11.0. The van der Waals surface area contributed by atoms with Gasteiger partial charge in [0.1, 0.15) is 0 Å². The summed E-state index contributed by atoms with van der Waals surface area (Å²) in [7, 11) is 1.87. The average molecular weight is 254 g/mol. The lowest BCUT2D eigenvalue weighted by atomic mass is 9.88. The molecule has 0 radical (unpaired) electrons. The van der Waals surface area contributed by atoms with Gasteiger partial charge >= 0.3 is 0 Å². The predicted octanol–water partition coefficient (Wildman–Crippen LogP) is 2.31. The first-order valence-electron chi connectivity index (χ1n) is 5.83. The Labute approximate surface area is 109 Å². The summed E-state index contributed by atoms with van der Waals surface area (Å²) in [5.74, 6) is 0.133. The van der Waals surface area contributed by atoms with Crippen LogP contribution in [0.4, 0.5) is 0 Å². The second kappa shape index (κ2) is 5.92. The predicted molar refractivity (Wildman–Crippen MR) is 73.7 cm³/mol. The Kier molecular flexibility index (Phi) is 4.82. The van der Waals surface area contributed by atoms with Gasteiger partial charge < -0.3 is 10.6 Å². The third-order valence-electron chi connectivity index (χ3n) is 3.31. The van der Waals surface area contributed by atoms with Crippen LogP contribution in [0.25, 0.3) is 0 Å². The van der Waals surface area contributed by atoms with E-state index in [-0.39, 0.29) is 18.4 Å². The van der Waals surface area contributed by atoms with Gasteiger partial charge in [0.05, 0.1) is 0 Å². The first-order chi connectivity index (χ1) is 7.68. The topological polar surface area (TPSA) is 53.1 Å². The van der Waals surface area contributed by atoms with E-state index in [1.165, 1.54) is 42.4 Å². The third kappa shape index (κ3) is 3.13. The van der Waals surface area contributed by atoms with E-state index in [0.717, 1.165) is 6.54 Å². The number of aryl methyl sites for hydroxylation is 1. The normalized spacial score (nSPS) is 13.5. The van der Waals surface area contributed by atoms with E-state index < -0.39 is 0 Å². The van der Waals surface area contributed by atoms with Crippen molar-refractivity contribution in [3.63, 3.8) is 0 Å². The van der Waals surface area contributed by atoms with Crippen molar-refractivity contribution >= 4 is 18.4 Å². The summed E-state index contributed by atoms with van der Waals surface area (Å²) in [5, 5.41) is 7.39. The molecular formula is C13H20ClN3. The summed E-state index contributed by atoms with van der Waals surface area (Å²) in [5.41, 5.74) is 9.77. The lowest BCUT2D eigenvalue weighted by Crippen LogP contribution is -2.32. The Bertz CT molecular complexity index is 404. The Morgan fingerprint density at radius 3 is 2.76 bits per heavy atom. The molecule has 0 spiro atoms. The molecular weight excluding hydrogens is 234 g/mol. The van der Waals surface area contributed by atoms with Crippen LogP contribution in [0.3, 0.4) is 0 Å². The molecule has 1 aromatic carbocycles. The highest BCUT2D eigenvalue weighted by atomic mass is 35.5. The van der Waals surface area contributed by atoms with Gasteiger partial charge in [-0.05, 0) is 42.4 Å². The second-order valence-electron chi connectivity index (χ2n) is 4.50. The first-order valence-corrected chi connectivity index (χ1v) is 5.83. The van der Waals surface area contributed by atoms with Crippen LogP contribution in [0.2, 0.25) is 0 Å². The number of guanidine groups is 1. The molecule has 3 N–H and O–H groups in total. The quantitative estimate of drug-likeness (QED) is 0.628. The Hall–Kier alpha value is -1.22. The minimum Gasteiger partial charge on any atom is -0.370 e. The summed E-state index contributed by atoms with van der Waals surface area (Å²) >= 11 is 0. The van der Waals surface area contributed by atoms with Gasteiger partial charge in [0.25, 0.3) is 0 Å². The van der Waals surface area contributed by atoms with Crippen LogP contribution in [-0.4, -0.2) is 17.9 Å². The highest BCUT2D eigenvalue weighted by molar-refractivity contribution is 5.85. The van der Waals surface area contributed by atoms with Gasteiger partial charge in [0.2, 0.25) is 0 Å². The summed E-state index contributed by atoms with van der Waals surface area (Å²) < 4.78 is 0. The molecule has 1 aliphatic rings. The molecule has 0 heterocycles. The SMILES string of the molecule is CN(Cc1cccc2c1CCCC2)C(=N)N.Cl. The zero-order chi connectivity index (χ0) is 11.5. The number of nitrogens with zero attached hydrogens (tertiary/aromatic N) is 1. The number of hydrogen-bond acceptors (Lipinski definition) is 1. The van der Waals surface area contributed by atoms with E-state index in [1.54, 1.807) is 4.90 Å². The fourth-order valence-corrected chi connectivity index (χ4v) is 2.35. The highest BCUT2D eigenvalue weighted by Crippen LogP contribution is 2.25. The molecule has 0 fully saturated rings. The van der Waals surface area contributed by atoms with Gasteiger partial charge in [-0.1, -0.05) is 18.2 Å². The number of rotatable bonds is 2.